The molecule has 0 aromatic heterocycles. The Kier molecular flexibility index (Phi) is 5.98. The molecule has 0 aromatic carbocycles. The first-order chi connectivity index (χ1) is 15.0. The molecule has 3 fully saturated rings. The number of allylic oxidation sites excluding steroid dienone is 4. The van der Waals surface area contributed by atoms with E-state index >= 15 is 4.39 Å². The predicted octanol–water partition coefficient (Wildman–Crippen LogP) is 3.99. The smallest absolute Gasteiger partial charge is 0.374 e. The number of carbonyl (C=O) groups excluding carboxylic acids is 3. The van der Waals surface area contributed by atoms with Crippen LogP contribution in [0.2, 0.25) is 0 Å². The average Bonchev–Trinajstić information content (AvgIpc) is 2.98. The summed E-state index contributed by atoms with van der Waals surface area (Å²) in [4.78, 5) is 37.6. The average molecular weight is 447 g/mol. The number of ether oxygens (including phenoxy) is 1. The van der Waals surface area contributed by atoms with Gasteiger partial charge in [-0.15, -0.1) is 0 Å². The van der Waals surface area contributed by atoms with E-state index in [1.54, 1.807) is 6.08 Å². The van der Waals surface area contributed by atoms with Crippen molar-refractivity contribution in [2.75, 3.05) is 6.61 Å². The van der Waals surface area contributed by atoms with Crippen LogP contribution in [0.15, 0.2) is 23.8 Å². The third kappa shape index (κ3) is 3.41. The van der Waals surface area contributed by atoms with Crippen LogP contribution < -0.4 is 0 Å². The number of aliphatic hydroxyl groups is 1. The molecule has 5 nitrogen and oxygen atoms in total. The molecule has 0 saturated heterocycles. The van der Waals surface area contributed by atoms with E-state index < -0.39 is 40.8 Å². The van der Waals surface area contributed by atoms with E-state index in [1.165, 1.54) is 12.2 Å². The Morgan fingerprint density at radius 1 is 1.28 bits per heavy atom. The summed E-state index contributed by atoms with van der Waals surface area (Å²) in [6, 6.07) is 0. The van der Waals surface area contributed by atoms with Crippen molar-refractivity contribution in [3.63, 3.8) is 0 Å². The molecule has 32 heavy (non-hydrogen) atoms. The standard InChI is InChI=1S/C26H35FO5/c1-5-6-9-32-24(31)23(30)21-14(2)10-17-16-12-19(27)18-11-15(28)7-8-25(18,3)22(16)20(29)13-26(17,21)4/h7-8,11,14,16-17,19-22,29H,5-6,9-10,12-13H2,1-4H3/t14-,16+,17+,19+,20+,21-,22?,25+,26+/m1/s1. The molecular weight excluding hydrogens is 411 g/mol. The quantitative estimate of drug-likeness (QED) is 0.392. The number of aliphatic hydroxyl groups excluding tert-OH is 1. The molecule has 0 amide bonds. The summed E-state index contributed by atoms with van der Waals surface area (Å²) >= 11 is 0. The van der Waals surface area contributed by atoms with Gasteiger partial charge in [0.05, 0.1) is 12.7 Å². The van der Waals surface area contributed by atoms with E-state index in [0.717, 1.165) is 6.42 Å². The normalized spacial score (nSPS) is 44.9. The maximum Gasteiger partial charge on any atom is 0.374 e. The van der Waals surface area contributed by atoms with Gasteiger partial charge < -0.3 is 9.84 Å². The fourth-order valence-electron chi connectivity index (χ4n) is 7.77. The number of esters is 1. The van der Waals surface area contributed by atoms with Crippen LogP contribution in [0.5, 0.6) is 0 Å². The zero-order valence-corrected chi connectivity index (χ0v) is 19.5. The Hall–Kier alpha value is -1.82. The van der Waals surface area contributed by atoms with Crippen molar-refractivity contribution in [1.82, 2.24) is 0 Å². The molecule has 9 atom stereocenters. The summed E-state index contributed by atoms with van der Waals surface area (Å²) in [7, 11) is 0. The minimum absolute atomic E-state index is 0.0194. The van der Waals surface area contributed by atoms with E-state index in [-0.39, 0.29) is 42.5 Å². The Balaban J connectivity index is 1.65. The van der Waals surface area contributed by atoms with Crippen LogP contribution >= 0.6 is 0 Å². The number of hydrogen-bond acceptors (Lipinski definition) is 5. The highest BCUT2D eigenvalue weighted by atomic mass is 19.1. The maximum absolute atomic E-state index is 15.4. The largest absolute Gasteiger partial charge is 0.460 e. The van der Waals surface area contributed by atoms with Gasteiger partial charge in [-0.1, -0.05) is 40.2 Å². The number of hydrogen-bond donors (Lipinski definition) is 1. The summed E-state index contributed by atoms with van der Waals surface area (Å²) < 4.78 is 20.6. The number of halogens is 1. The fourth-order valence-corrected chi connectivity index (χ4v) is 7.77. The van der Waals surface area contributed by atoms with E-state index in [1.807, 2.05) is 27.7 Å². The number of unbranched alkanes of at least 4 members (excludes halogenated alkanes) is 1. The van der Waals surface area contributed by atoms with Crippen molar-refractivity contribution in [1.29, 1.82) is 0 Å². The molecule has 4 aliphatic rings. The first kappa shape index (κ1) is 23.3. The summed E-state index contributed by atoms with van der Waals surface area (Å²) in [5.74, 6) is -2.42. The molecule has 0 aliphatic heterocycles. The Morgan fingerprint density at radius 2 is 2.00 bits per heavy atom. The molecule has 4 aliphatic carbocycles. The lowest BCUT2D eigenvalue weighted by Crippen LogP contribution is -2.58. The number of carbonyl (C=O) groups is 3. The molecular formula is C26H35FO5. The predicted molar refractivity (Wildman–Crippen MR) is 117 cm³/mol. The summed E-state index contributed by atoms with van der Waals surface area (Å²) in [6.07, 6.45) is 5.56. The molecule has 1 N–H and O–H groups in total. The molecule has 0 radical (unpaired) electrons. The zero-order valence-electron chi connectivity index (χ0n) is 19.5. The van der Waals surface area contributed by atoms with Crippen molar-refractivity contribution in [2.24, 2.45) is 40.4 Å². The van der Waals surface area contributed by atoms with Gasteiger partial charge in [0.2, 0.25) is 5.78 Å². The molecule has 4 rings (SSSR count). The van der Waals surface area contributed by atoms with Gasteiger partial charge in [0.25, 0.3) is 0 Å². The van der Waals surface area contributed by atoms with Gasteiger partial charge in [0.1, 0.15) is 6.17 Å². The van der Waals surface area contributed by atoms with Crippen LogP contribution in [0.4, 0.5) is 4.39 Å². The van der Waals surface area contributed by atoms with Crippen LogP contribution in [0.1, 0.15) is 59.8 Å². The number of fused-ring (bicyclic) bond motifs is 5. The number of rotatable bonds is 5. The Morgan fingerprint density at radius 3 is 2.69 bits per heavy atom. The van der Waals surface area contributed by atoms with Crippen LogP contribution in [-0.4, -0.2) is 41.5 Å². The molecule has 0 aromatic rings. The molecule has 0 bridgehead atoms. The van der Waals surface area contributed by atoms with Gasteiger partial charge in [-0.2, -0.15) is 0 Å². The Bertz CT molecular complexity index is 877. The Labute approximate surface area is 189 Å². The molecule has 1 unspecified atom stereocenters. The first-order valence-electron chi connectivity index (χ1n) is 12.0. The van der Waals surface area contributed by atoms with Crippen molar-refractivity contribution in [3.8, 4) is 0 Å². The highest BCUT2D eigenvalue weighted by Gasteiger charge is 2.66. The van der Waals surface area contributed by atoms with E-state index in [9.17, 15) is 19.5 Å². The van der Waals surface area contributed by atoms with Crippen molar-refractivity contribution < 1.29 is 28.6 Å². The lowest BCUT2D eigenvalue weighted by molar-refractivity contribution is -0.162. The molecule has 6 heteroatoms. The zero-order chi connectivity index (χ0) is 23.4. The fraction of sp³-hybridized carbons (Fsp3) is 0.731. The number of alkyl halides is 1. The highest BCUT2D eigenvalue weighted by molar-refractivity contribution is 6.34. The van der Waals surface area contributed by atoms with Gasteiger partial charge in [-0.25, -0.2) is 9.18 Å². The minimum Gasteiger partial charge on any atom is -0.460 e. The van der Waals surface area contributed by atoms with Gasteiger partial charge in [0, 0.05) is 17.3 Å². The number of Topliss-reactive ketones (excluding diaryl/α,β-unsaturated/α-hetero) is 1. The van der Waals surface area contributed by atoms with Gasteiger partial charge in [0.15, 0.2) is 5.78 Å². The molecule has 3 saturated carbocycles. The second-order valence-corrected chi connectivity index (χ2v) is 10.9. The van der Waals surface area contributed by atoms with Gasteiger partial charge >= 0.3 is 5.97 Å². The molecule has 0 spiro atoms. The summed E-state index contributed by atoms with van der Waals surface area (Å²) in [6.45, 7) is 8.11. The topological polar surface area (TPSA) is 80.7 Å². The third-order valence-corrected chi connectivity index (χ3v) is 9.03. The minimum atomic E-state index is -1.26. The number of ketones is 2. The second kappa shape index (κ2) is 8.19. The summed E-state index contributed by atoms with van der Waals surface area (Å²) in [5.41, 5.74) is -0.847. The summed E-state index contributed by atoms with van der Waals surface area (Å²) in [5, 5.41) is 11.4. The maximum atomic E-state index is 15.4. The van der Waals surface area contributed by atoms with Crippen LogP contribution in [0, 0.1) is 40.4 Å². The van der Waals surface area contributed by atoms with Crippen molar-refractivity contribution in [3.05, 3.63) is 23.8 Å². The van der Waals surface area contributed by atoms with Crippen molar-refractivity contribution >= 4 is 17.5 Å². The van der Waals surface area contributed by atoms with E-state index in [0.29, 0.717) is 24.8 Å². The lowest BCUT2D eigenvalue weighted by Gasteiger charge is -2.59. The third-order valence-electron chi connectivity index (χ3n) is 9.03. The van der Waals surface area contributed by atoms with Gasteiger partial charge in [-0.05, 0) is 66.6 Å². The molecule has 0 heterocycles. The van der Waals surface area contributed by atoms with Crippen molar-refractivity contribution in [2.45, 2.75) is 72.1 Å². The van der Waals surface area contributed by atoms with E-state index in [4.69, 9.17) is 4.74 Å². The highest BCUT2D eigenvalue weighted by Crippen LogP contribution is 2.67. The van der Waals surface area contributed by atoms with Gasteiger partial charge in [-0.3, -0.25) is 9.59 Å². The van der Waals surface area contributed by atoms with Crippen LogP contribution in [0.3, 0.4) is 0 Å². The van der Waals surface area contributed by atoms with Crippen LogP contribution in [0.25, 0.3) is 0 Å². The molecule has 176 valence electrons. The van der Waals surface area contributed by atoms with E-state index in [2.05, 4.69) is 0 Å². The lowest BCUT2D eigenvalue weighted by atomic mass is 9.46. The first-order valence-corrected chi connectivity index (χ1v) is 12.0. The van der Waals surface area contributed by atoms with Crippen LogP contribution in [-0.2, 0) is 19.1 Å². The monoisotopic (exact) mass is 446 g/mol. The second-order valence-electron chi connectivity index (χ2n) is 10.9. The SMILES string of the molecule is CCCCOC(=O)C(=O)[C@H]1[C@H](C)C[C@H]2[C@@H]3C[C@H](F)C4=CC(=O)C=C[C@]4(C)C3[C@@H](O)C[C@@]21C.